The van der Waals surface area contributed by atoms with Crippen molar-refractivity contribution < 1.29 is 9.59 Å². The van der Waals surface area contributed by atoms with Crippen LogP contribution >= 0.6 is 0 Å². The number of rotatable bonds is 3. The van der Waals surface area contributed by atoms with Crippen LogP contribution in [-0.4, -0.2) is 18.4 Å². The summed E-state index contributed by atoms with van der Waals surface area (Å²) in [7, 11) is 0. The highest BCUT2D eigenvalue weighted by Crippen LogP contribution is 2.33. The molecule has 0 aromatic heterocycles. The van der Waals surface area contributed by atoms with Gasteiger partial charge in [-0.2, -0.15) is 0 Å². The number of hydrogen-bond acceptors (Lipinski definition) is 2. The van der Waals surface area contributed by atoms with Gasteiger partial charge in [0.15, 0.2) is 0 Å². The number of benzene rings is 1. The van der Waals surface area contributed by atoms with Crippen LogP contribution in [0.15, 0.2) is 18.2 Å². The van der Waals surface area contributed by atoms with Crippen LogP contribution in [0.2, 0.25) is 0 Å². The Balaban J connectivity index is 1.77. The number of fused-ring (bicyclic) bond motifs is 1. The minimum atomic E-state index is 0.00944. The normalized spacial score (nSPS) is 17.2. The van der Waals surface area contributed by atoms with Crippen molar-refractivity contribution in [2.45, 2.75) is 33.1 Å². The van der Waals surface area contributed by atoms with Gasteiger partial charge in [0.25, 0.3) is 0 Å². The van der Waals surface area contributed by atoms with E-state index in [1.807, 2.05) is 36.9 Å². The molecule has 0 saturated heterocycles. The zero-order valence-electron chi connectivity index (χ0n) is 12.0. The molecular weight excluding hydrogens is 252 g/mol. The maximum absolute atomic E-state index is 12.1. The van der Waals surface area contributed by atoms with Crippen molar-refractivity contribution in [1.29, 1.82) is 0 Å². The summed E-state index contributed by atoms with van der Waals surface area (Å²) in [5.41, 5.74) is 2.99. The van der Waals surface area contributed by atoms with Crippen molar-refractivity contribution in [1.82, 2.24) is 0 Å². The average molecular weight is 272 g/mol. The number of carbonyl (C=O) groups is 2. The van der Waals surface area contributed by atoms with Crippen LogP contribution in [0.5, 0.6) is 0 Å². The van der Waals surface area contributed by atoms with Crippen molar-refractivity contribution in [2.24, 2.45) is 11.8 Å². The summed E-state index contributed by atoms with van der Waals surface area (Å²) in [6, 6.07) is 5.85. The lowest BCUT2D eigenvalue weighted by atomic mass is 10.1. The van der Waals surface area contributed by atoms with Crippen molar-refractivity contribution in [2.75, 3.05) is 16.8 Å². The van der Waals surface area contributed by atoms with Gasteiger partial charge in [-0.05, 0) is 43.0 Å². The molecule has 4 heteroatoms. The molecule has 1 N–H and O–H groups in total. The molecule has 1 aliphatic heterocycles. The molecule has 3 rings (SSSR count). The standard InChI is InChI=1S/C16H20N2O2/c1-10(2)16(20)18-8-7-12-9-13(5-6-14(12)18)17-15(19)11-3-4-11/h5-6,9-11H,3-4,7-8H2,1-2H3,(H,17,19). The second-order valence-electron chi connectivity index (χ2n) is 6.00. The molecule has 1 aromatic rings. The van der Waals surface area contributed by atoms with Gasteiger partial charge in [0.05, 0.1) is 0 Å². The third kappa shape index (κ3) is 2.42. The number of anilines is 2. The van der Waals surface area contributed by atoms with E-state index in [1.165, 1.54) is 0 Å². The molecule has 1 saturated carbocycles. The van der Waals surface area contributed by atoms with Crippen LogP contribution < -0.4 is 10.2 Å². The molecule has 0 bridgehead atoms. The van der Waals surface area contributed by atoms with Gasteiger partial charge in [-0.15, -0.1) is 0 Å². The zero-order valence-corrected chi connectivity index (χ0v) is 12.0. The summed E-state index contributed by atoms with van der Waals surface area (Å²) in [4.78, 5) is 25.7. The highest BCUT2D eigenvalue weighted by molar-refractivity contribution is 5.98. The quantitative estimate of drug-likeness (QED) is 0.919. The smallest absolute Gasteiger partial charge is 0.229 e. The molecule has 4 nitrogen and oxygen atoms in total. The summed E-state index contributed by atoms with van der Waals surface area (Å²) in [5, 5.41) is 2.96. The summed E-state index contributed by atoms with van der Waals surface area (Å²) < 4.78 is 0. The van der Waals surface area contributed by atoms with E-state index in [-0.39, 0.29) is 23.7 Å². The largest absolute Gasteiger partial charge is 0.326 e. The number of amides is 2. The maximum Gasteiger partial charge on any atom is 0.229 e. The minimum Gasteiger partial charge on any atom is -0.326 e. The van der Waals surface area contributed by atoms with Crippen LogP contribution in [0.4, 0.5) is 11.4 Å². The fraction of sp³-hybridized carbons (Fsp3) is 0.500. The van der Waals surface area contributed by atoms with Crippen molar-refractivity contribution in [3.05, 3.63) is 23.8 Å². The summed E-state index contributed by atoms with van der Waals surface area (Å²) in [6.45, 7) is 4.58. The summed E-state index contributed by atoms with van der Waals surface area (Å²) in [6.07, 6.45) is 2.88. The van der Waals surface area contributed by atoms with Crippen LogP contribution in [0.25, 0.3) is 0 Å². The number of hydrogen-bond donors (Lipinski definition) is 1. The SMILES string of the molecule is CC(C)C(=O)N1CCc2cc(NC(=O)C3CC3)ccc21. The predicted octanol–water partition coefficient (Wildman–Crippen LogP) is 2.58. The van der Waals surface area contributed by atoms with E-state index in [1.54, 1.807) is 0 Å². The predicted molar refractivity (Wildman–Crippen MR) is 78.7 cm³/mol. The Kier molecular flexibility index (Phi) is 3.24. The van der Waals surface area contributed by atoms with Crippen molar-refractivity contribution >= 4 is 23.2 Å². The summed E-state index contributed by atoms with van der Waals surface area (Å²) in [5.74, 6) is 0.508. The van der Waals surface area contributed by atoms with Crippen molar-refractivity contribution in [3.63, 3.8) is 0 Å². The molecule has 1 fully saturated rings. The minimum absolute atomic E-state index is 0.00944. The van der Waals surface area contributed by atoms with Gasteiger partial charge < -0.3 is 10.2 Å². The Bertz CT molecular complexity index is 562. The van der Waals surface area contributed by atoms with Crippen LogP contribution in [-0.2, 0) is 16.0 Å². The Morgan fingerprint density at radius 1 is 1.30 bits per heavy atom. The van der Waals surface area contributed by atoms with Gasteiger partial charge in [0, 0.05) is 29.8 Å². The van der Waals surface area contributed by atoms with Gasteiger partial charge in [0.2, 0.25) is 11.8 Å². The summed E-state index contributed by atoms with van der Waals surface area (Å²) >= 11 is 0. The third-order valence-corrected chi connectivity index (χ3v) is 3.95. The lowest BCUT2D eigenvalue weighted by Gasteiger charge is -2.19. The first-order chi connectivity index (χ1) is 9.56. The van der Waals surface area contributed by atoms with E-state index < -0.39 is 0 Å². The monoisotopic (exact) mass is 272 g/mol. The molecule has 20 heavy (non-hydrogen) atoms. The molecule has 1 aliphatic carbocycles. The molecule has 0 atom stereocenters. The molecule has 0 radical (unpaired) electrons. The Morgan fingerprint density at radius 2 is 2.05 bits per heavy atom. The van der Waals surface area contributed by atoms with Crippen LogP contribution in [0.1, 0.15) is 32.3 Å². The van der Waals surface area contributed by atoms with E-state index in [4.69, 9.17) is 0 Å². The topological polar surface area (TPSA) is 49.4 Å². The highest BCUT2D eigenvalue weighted by Gasteiger charge is 2.30. The zero-order chi connectivity index (χ0) is 14.3. The van der Waals surface area contributed by atoms with Gasteiger partial charge in [-0.3, -0.25) is 9.59 Å². The van der Waals surface area contributed by atoms with E-state index in [2.05, 4.69) is 5.32 Å². The second-order valence-corrected chi connectivity index (χ2v) is 6.00. The third-order valence-electron chi connectivity index (χ3n) is 3.95. The Morgan fingerprint density at radius 3 is 2.70 bits per heavy atom. The van der Waals surface area contributed by atoms with Gasteiger partial charge in [0.1, 0.15) is 0 Å². The number of nitrogens with one attached hydrogen (secondary N) is 1. The fourth-order valence-electron chi connectivity index (χ4n) is 2.61. The highest BCUT2D eigenvalue weighted by atomic mass is 16.2. The van der Waals surface area contributed by atoms with E-state index in [9.17, 15) is 9.59 Å². The van der Waals surface area contributed by atoms with Crippen molar-refractivity contribution in [3.8, 4) is 0 Å². The number of nitrogens with zero attached hydrogens (tertiary/aromatic N) is 1. The molecule has 2 aliphatic rings. The first-order valence-electron chi connectivity index (χ1n) is 7.31. The molecule has 106 valence electrons. The number of carbonyl (C=O) groups excluding carboxylic acids is 2. The maximum atomic E-state index is 12.1. The molecule has 2 amide bonds. The first-order valence-corrected chi connectivity index (χ1v) is 7.31. The Hall–Kier alpha value is -1.84. The van der Waals surface area contributed by atoms with Gasteiger partial charge >= 0.3 is 0 Å². The molecule has 0 spiro atoms. The first kappa shape index (κ1) is 13.2. The molecule has 1 aromatic carbocycles. The lowest BCUT2D eigenvalue weighted by molar-refractivity contribution is -0.121. The second kappa shape index (κ2) is 4.93. The van der Waals surface area contributed by atoms with Crippen LogP contribution in [0, 0.1) is 11.8 Å². The van der Waals surface area contributed by atoms with Gasteiger partial charge in [-0.1, -0.05) is 13.8 Å². The van der Waals surface area contributed by atoms with E-state index in [0.29, 0.717) is 0 Å². The average Bonchev–Trinajstić information content (AvgIpc) is 3.18. The van der Waals surface area contributed by atoms with Crippen LogP contribution in [0.3, 0.4) is 0 Å². The van der Waals surface area contributed by atoms with Gasteiger partial charge in [-0.25, -0.2) is 0 Å². The molecule has 0 unspecified atom stereocenters. The molecule has 1 heterocycles. The molecular formula is C16H20N2O2. The lowest BCUT2D eigenvalue weighted by Crippen LogP contribution is -2.32. The van der Waals surface area contributed by atoms with E-state index in [0.717, 1.165) is 42.7 Å². The van der Waals surface area contributed by atoms with E-state index >= 15 is 0 Å². The Labute approximate surface area is 119 Å². The fourth-order valence-corrected chi connectivity index (χ4v) is 2.61.